The molecule has 4 aromatic heterocycles. The van der Waals surface area contributed by atoms with E-state index in [4.69, 9.17) is 17.7 Å². The SMILES string of the molecule is Cc1cc2c3c(c1)N(c1ccc(C(C)C)c4c1oc1ccccc14)c1cc4c(cc1B3c1oc3ccc(C(C)(C)C)cc3c1N2c1ccc(C(C)(C)C)cc1)C(C)(Cc1cccc2c1oc1c(C(C)(C)C)ccc(N3c5cc6c(cc5B5c7oc8ccc(C(C)(C)C)cc8c7N(c7ccc(C(C)(C)C)cc7)c7cc(C)cc3c75)C(C)(C)CCC6(C)C)c12)CCC4(C)C. The number of benzene rings is 12. The van der Waals surface area contributed by atoms with Crippen LogP contribution in [0.15, 0.2) is 218 Å². The maximum Gasteiger partial charge on any atom is 0.297 e. The molecular formula is C117H122B2N4O4. The lowest BCUT2D eigenvalue weighted by Crippen LogP contribution is -2.61. The number of anilines is 12. The van der Waals surface area contributed by atoms with Gasteiger partial charge in [0, 0.05) is 78.0 Å². The molecule has 0 saturated carbocycles. The highest BCUT2D eigenvalue weighted by Crippen LogP contribution is 2.59. The van der Waals surface area contributed by atoms with E-state index in [1.165, 1.54) is 111 Å². The summed E-state index contributed by atoms with van der Waals surface area (Å²) in [6.07, 6.45) is 4.86. The average molecular weight is 1670 g/mol. The number of furan rings is 4. The molecule has 8 heterocycles. The first kappa shape index (κ1) is 81.4. The normalized spacial score (nSPS) is 17.5. The Bertz CT molecular complexity index is 7400. The molecule has 1 unspecified atom stereocenters. The van der Waals surface area contributed by atoms with Crippen molar-refractivity contribution >= 4 is 181 Å². The Balaban J connectivity index is 0.777. The summed E-state index contributed by atoms with van der Waals surface area (Å²) in [6, 6.07) is 78.7. The lowest BCUT2D eigenvalue weighted by molar-refractivity contribution is 0.310. The third kappa shape index (κ3) is 12.1. The van der Waals surface area contributed by atoms with Gasteiger partial charge in [0.05, 0.1) is 39.5 Å². The molecule has 4 aliphatic heterocycles. The van der Waals surface area contributed by atoms with Crippen LogP contribution in [0.5, 0.6) is 0 Å². The Morgan fingerprint density at radius 2 is 0.772 bits per heavy atom. The number of rotatable bonds is 7. The lowest BCUT2D eigenvalue weighted by atomic mass is 9.35. The maximum atomic E-state index is 8.06. The van der Waals surface area contributed by atoms with Crippen molar-refractivity contribution in [3.8, 4) is 0 Å². The zero-order valence-electron chi connectivity index (χ0n) is 79.7. The van der Waals surface area contributed by atoms with Gasteiger partial charge in [-0.1, -0.05) is 263 Å². The number of hydrogen-bond acceptors (Lipinski definition) is 8. The maximum absolute atomic E-state index is 8.06. The van der Waals surface area contributed by atoms with Crippen LogP contribution in [0.25, 0.3) is 65.8 Å². The fourth-order valence-electron chi connectivity index (χ4n) is 23.4. The van der Waals surface area contributed by atoms with Gasteiger partial charge in [0.25, 0.3) is 13.4 Å². The van der Waals surface area contributed by atoms with Gasteiger partial charge in [-0.05, 0) is 292 Å². The lowest BCUT2D eigenvalue weighted by Gasteiger charge is -2.47. The highest BCUT2D eigenvalue weighted by Gasteiger charge is 2.54. The highest BCUT2D eigenvalue weighted by atomic mass is 16.3. The Morgan fingerprint density at radius 1 is 0.339 bits per heavy atom. The smallest absolute Gasteiger partial charge is 0.297 e. The summed E-state index contributed by atoms with van der Waals surface area (Å²) in [6.45, 7) is 61.1. The van der Waals surface area contributed by atoms with E-state index in [0.717, 1.165) is 161 Å². The third-order valence-electron chi connectivity index (χ3n) is 30.9. The average Bonchev–Trinajstić information content (AvgIpc) is 1.66. The van der Waals surface area contributed by atoms with Gasteiger partial charge in [0.2, 0.25) is 0 Å². The fraction of sp³-hybridized carbons (Fsp3) is 0.350. The first-order valence-corrected chi connectivity index (χ1v) is 47.0. The highest BCUT2D eigenvalue weighted by molar-refractivity contribution is 7.00. The second kappa shape index (κ2) is 26.9. The van der Waals surface area contributed by atoms with Crippen molar-refractivity contribution in [2.45, 2.75) is 267 Å². The van der Waals surface area contributed by atoms with E-state index < -0.39 is 5.41 Å². The molecule has 12 aromatic carbocycles. The second-order valence-corrected chi connectivity index (χ2v) is 46.7. The van der Waals surface area contributed by atoms with Crippen molar-refractivity contribution in [1.82, 2.24) is 0 Å². The minimum absolute atomic E-state index is 0.0356. The van der Waals surface area contributed by atoms with Crippen LogP contribution >= 0.6 is 0 Å². The van der Waals surface area contributed by atoms with Crippen molar-refractivity contribution in [2.75, 3.05) is 19.6 Å². The molecule has 16 aromatic rings. The van der Waals surface area contributed by atoms with Crippen LogP contribution in [0.2, 0.25) is 0 Å². The molecule has 8 nitrogen and oxygen atoms in total. The summed E-state index contributed by atoms with van der Waals surface area (Å²) in [4.78, 5) is 10.4. The Hall–Kier alpha value is -11.4. The number of aryl methyl sites for hydroxylation is 2. The van der Waals surface area contributed by atoms with Crippen LogP contribution in [0, 0.1) is 13.8 Å². The molecule has 2 aliphatic carbocycles. The topological polar surface area (TPSA) is 65.5 Å². The fourth-order valence-corrected chi connectivity index (χ4v) is 23.4. The molecule has 10 heteroatoms. The molecule has 0 radical (unpaired) electrons. The van der Waals surface area contributed by atoms with Gasteiger partial charge in [-0.2, -0.15) is 0 Å². The first-order valence-electron chi connectivity index (χ1n) is 47.0. The quantitative estimate of drug-likeness (QED) is 0.146. The summed E-state index contributed by atoms with van der Waals surface area (Å²) in [7, 11) is 0. The molecular weight excluding hydrogens is 1550 g/mol. The molecule has 0 amide bonds. The summed E-state index contributed by atoms with van der Waals surface area (Å²) in [5, 5.41) is 6.82. The van der Waals surface area contributed by atoms with Crippen molar-refractivity contribution in [2.24, 2.45) is 0 Å². The van der Waals surface area contributed by atoms with Crippen LogP contribution in [0.4, 0.5) is 68.2 Å². The zero-order valence-corrected chi connectivity index (χ0v) is 79.7. The van der Waals surface area contributed by atoms with Crippen molar-refractivity contribution in [1.29, 1.82) is 0 Å². The van der Waals surface area contributed by atoms with Crippen LogP contribution < -0.4 is 52.8 Å². The Kier molecular flexibility index (Phi) is 17.2. The van der Waals surface area contributed by atoms with Crippen molar-refractivity contribution in [3.63, 3.8) is 0 Å². The van der Waals surface area contributed by atoms with Gasteiger partial charge < -0.3 is 37.3 Å². The minimum atomic E-state index is -0.396. The first-order chi connectivity index (χ1) is 59.8. The van der Waals surface area contributed by atoms with Gasteiger partial charge >= 0.3 is 0 Å². The van der Waals surface area contributed by atoms with Crippen LogP contribution in [0.1, 0.15) is 270 Å². The summed E-state index contributed by atoms with van der Waals surface area (Å²) < 4.78 is 30.9. The predicted molar refractivity (Wildman–Crippen MR) is 541 cm³/mol. The molecule has 6 aliphatic rings. The van der Waals surface area contributed by atoms with E-state index in [9.17, 15) is 0 Å². The molecule has 0 saturated heterocycles. The predicted octanol–water partition coefficient (Wildman–Crippen LogP) is 29.3. The zero-order chi connectivity index (χ0) is 89.1. The molecule has 0 fully saturated rings. The summed E-state index contributed by atoms with van der Waals surface area (Å²) >= 11 is 0. The van der Waals surface area contributed by atoms with Crippen LogP contribution in [-0.4, -0.2) is 13.4 Å². The van der Waals surface area contributed by atoms with Gasteiger partial charge in [0.15, 0.2) is 5.58 Å². The third-order valence-corrected chi connectivity index (χ3v) is 30.9. The van der Waals surface area contributed by atoms with Gasteiger partial charge in [-0.15, -0.1) is 0 Å². The molecule has 0 spiro atoms. The number of fused-ring (bicyclic) bond motifs is 20. The molecule has 127 heavy (non-hydrogen) atoms. The standard InChI is InChI=1S/C117H122B2N4O4/c1-65(2)75-44-46-88(106-98(75)76-31-27-28-33-95(76)124-106)123-90-63-83-84(61-86(90)119-101-92(55-67(4)57-94(101)123)121(74-42-36-70(37-43-74)110(8,9)10)103-79-59-72(112(14,15)16)39-49-97(79)126-108(103)119)117(26,53-52-116(83,24)25)64-68-30-29-32-77-99-87(47-45-80(113(17,18)19)105(99)127-104(68)77)122-89-62-82-81(114(20,21)50-51-115(82,22)23)60-85(89)118-100-91(54-66(3)56-93(100)122)120(73-40-34-69(35-41-73)109(5,6)7)102-78-58-71(111(11,12)13)38-48-96(78)125-107(102)118/h27-49,54-63,65H,50-53,64H2,1-26H3. The minimum Gasteiger partial charge on any atom is -0.468 e. The van der Waals surface area contributed by atoms with Gasteiger partial charge in [0.1, 0.15) is 27.9 Å². The van der Waals surface area contributed by atoms with Gasteiger partial charge in [-0.3, -0.25) is 0 Å². The number of hydrogen-bond donors (Lipinski definition) is 0. The Morgan fingerprint density at radius 3 is 1.27 bits per heavy atom. The summed E-state index contributed by atoms with van der Waals surface area (Å²) in [5.41, 5.74) is 41.3. The molecule has 0 N–H and O–H groups in total. The van der Waals surface area contributed by atoms with E-state index in [2.05, 4.69) is 400 Å². The molecule has 0 bridgehead atoms. The van der Waals surface area contributed by atoms with Crippen molar-refractivity contribution in [3.05, 3.63) is 273 Å². The summed E-state index contributed by atoms with van der Waals surface area (Å²) in [5.74, 6) is 0.247. The number of nitrogens with zero attached hydrogens (tertiary/aromatic N) is 4. The van der Waals surface area contributed by atoms with E-state index in [0.29, 0.717) is 0 Å². The number of para-hydroxylation sites is 2. The monoisotopic (exact) mass is 1670 g/mol. The largest absolute Gasteiger partial charge is 0.468 e. The van der Waals surface area contributed by atoms with E-state index >= 15 is 0 Å². The Labute approximate surface area is 752 Å². The molecule has 22 rings (SSSR count). The van der Waals surface area contributed by atoms with E-state index in [1.807, 2.05) is 0 Å². The van der Waals surface area contributed by atoms with Gasteiger partial charge in [-0.25, -0.2) is 0 Å². The van der Waals surface area contributed by atoms with Crippen LogP contribution in [-0.2, 0) is 55.2 Å². The molecule has 640 valence electrons. The van der Waals surface area contributed by atoms with E-state index in [-0.39, 0.29) is 62.7 Å². The van der Waals surface area contributed by atoms with Crippen molar-refractivity contribution < 1.29 is 17.7 Å². The molecule has 1 atom stereocenters. The second-order valence-electron chi connectivity index (χ2n) is 46.7. The van der Waals surface area contributed by atoms with E-state index in [1.54, 1.807) is 0 Å². The van der Waals surface area contributed by atoms with Crippen LogP contribution in [0.3, 0.4) is 0 Å².